The minimum atomic E-state index is -0.137. The van der Waals surface area contributed by atoms with Crippen LogP contribution in [0.2, 0.25) is 0 Å². The van der Waals surface area contributed by atoms with Gasteiger partial charge in [-0.1, -0.05) is 12.1 Å². The third-order valence-electron chi connectivity index (χ3n) is 1.52. The first-order valence-corrected chi connectivity index (χ1v) is 5.85. The Morgan fingerprint density at radius 1 is 1.50 bits per heavy atom. The summed E-state index contributed by atoms with van der Waals surface area (Å²) in [6.07, 6.45) is 0.792. The Kier molecular flexibility index (Phi) is 3.95. The number of nitrogens with zero attached hydrogens (tertiary/aromatic N) is 2. The zero-order chi connectivity index (χ0) is 10.6. The van der Waals surface area contributed by atoms with Crippen LogP contribution in [0.1, 0.15) is 32.5 Å². The van der Waals surface area contributed by atoms with E-state index in [0.717, 1.165) is 23.8 Å². The van der Waals surface area contributed by atoms with E-state index < -0.39 is 0 Å². The van der Waals surface area contributed by atoms with Crippen molar-refractivity contribution in [3.8, 4) is 0 Å². The molecule has 0 aromatic carbocycles. The minimum absolute atomic E-state index is 0.137. The van der Waals surface area contributed by atoms with E-state index in [4.69, 9.17) is 10.3 Å². The highest BCUT2D eigenvalue weighted by Crippen LogP contribution is 2.14. The van der Waals surface area contributed by atoms with Gasteiger partial charge in [-0.2, -0.15) is 16.7 Å². The van der Waals surface area contributed by atoms with Crippen LogP contribution in [-0.4, -0.2) is 21.4 Å². The SMILES string of the molecule is CCc1nc(CSCC(C)(C)N)no1. The maximum Gasteiger partial charge on any atom is 0.226 e. The smallest absolute Gasteiger partial charge is 0.226 e. The van der Waals surface area contributed by atoms with Gasteiger partial charge in [0.2, 0.25) is 5.89 Å². The van der Waals surface area contributed by atoms with E-state index in [0.29, 0.717) is 5.89 Å². The van der Waals surface area contributed by atoms with Crippen molar-refractivity contribution < 1.29 is 4.52 Å². The van der Waals surface area contributed by atoms with Gasteiger partial charge in [0, 0.05) is 17.7 Å². The normalized spacial score (nSPS) is 12.0. The number of aryl methyl sites for hydroxylation is 1. The number of hydrogen-bond acceptors (Lipinski definition) is 5. The lowest BCUT2D eigenvalue weighted by Crippen LogP contribution is -2.34. The molecule has 0 bridgehead atoms. The Bertz CT molecular complexity index is 280. The molecule has 80 valence electrons. The Morgan fingerprint density at radius 3 is 2.71 bits per heavy atom. The predicted molar refractivity (Wildman–Crippen MR) is 58.1 cm³/mol. The number of thioether (sulfide) groups is 1. The third kappa shape index (κ3) is 4.11. The monoisotopic (exact) mass is 215 g/mol. The summed E-state index contributed by atoms with van der Waals surface area (Å²) in [6, 6.07) is 0. The van der Waals surface area contributed by atoms with E-state index in [-0.39, 0.29) is 5.54 Å². The van der Waals surface area contributed by atoms with E-state index >= 15 is 0 Å². The van der Waals surface area contributed by atoms with Gasteiger partial charge in [-0.15, -0.1) is 0 Å². The van der Waals surface area contributed by atoms with Gasteiger partial charge in [0.15, 0.2) is 5.82 Å². The molecule has 0 saturated carbocycles. The summed E-state index contributed by atoms with van der Waals surface area (Å²) in [7, 11) is 0. The molecule has 2 N–H and O–H groups in total. The molecule has 0 aliphatic rings. The standard InChI is InChI=1S/C9H17N3OS/c1-4-8-11-7(12-13-8)5-14-6-9(2,3)10/h4-6,10H2,1-3H3. The zero-order valence-electron chi connectivity index (χ0n) is 8.91. The maximum absolute atomic E-state index is 5.85. The highest BCUT2D eigenvalue weighted by Gasteiger charge is 2.11. The van der Waals surface area contributed by atoms with Crippen LogP contribution in [-0.2, 0) is 12.2 Å². The molecule has 1 rings (SSSR count). The van der Waals surface area contributed by atoms with Gasteiger partial charge in [-0.3, -0.25) is 0 Å². The fourth-order valence-corrected chi connectivity index (χ4v) is 1.83. The van der Waals surface area contributed by atoms with Crippen molar-refractivity contribution in [2.75, 3.05) is 5.75 Å². The summed E-state index contributed by atoms with van der Waals surface area (Å²) >= 11 is 1.73. The van der Waals surface area contributed by atoms with Crippen LogP contribution in [0.15, 0.2) is 4.52 Å². The largest absolute Gasteiger partial charge is 0.339 e. The first-order valence-electron chi connectivity index (χ1n) is 4.69. The maximum atomic E-state index is 5.85. The highest BCUT2D eigenvalue weighted by molar-refractivity contribution is 7.98. The number of hydrogen-bond donors (Lipinski definition) is 1. The van der Waals surface area contributed by atoms with Gasteiger partial charge in [0.1, 0.15) is 0 Å². The Hall–Kier alpha value is -0.550. The van der Waals surface area contributed by atoms with Gasteiger partial charge < -0.3 is 10.3 Å². The van der Waals surface area contributed by atoms with Crippen LogP contribution in [0.4, 0.5) is 0 Å². The minimum Gasteiger partial charge on any atom is -0.339 e. The van der Waals surface area contributed by atoms with Crippen molar-refractivity contribution in [3.05, 3.63) is 11.7 Å². The third-order valence-corrected chi connectivity index (χ3v) is 2.93. The number of aromatic nitrogens is 2. The zero-order valence-corrected chi connectivity index (χ0v) is 9.73. The average Bonchev–Trinajstić information content (AvgIpc) is 2.50. The second kappa shape index (κ2) is 4.79. The quantitative estimate of drug-likeness (QED) is 0.808. The van der Waals surface area contributed by atoms with Crippen molar-refractivity contribution in [2.45, 2.75) is 38.5 Å². The van der Waals surface area contributed by atoms with Crippen molar-refractivity contribution >= 4 is 11.8 Å². The predicted octanol–water partition coefficient (Wildman–Crippen LogP) is 1.60. The lowest BCUT2D eigenvalue weighted by Gasteiger charge is -2.16. The molecule has 14 heavy (non-hydrogen) atoms. The number of nitrogens with two attached hydrogens (primary N) is 1. The van der Waals surface area contributed by atoms with Crippen LogP contribution in [0.5, 0.6) is 0 Å². The van der Waals surface area contributed by atoms with Crippen LogP contribution in [0.25, 0.3) is 0 Å². The summed E-state index contributed by atoms with van der Waals surface area (Å²) in [4.78, 5) is 4.21. The molecule has 5 heteroatoms. The Morgan fingerprint density at radius 2 is 2.21 bits per heavy atom. The summed E-state index contributed by atoms with van der Waals surface area (Å²) < 4.78 is 4.99. The molecule has 0 unspecified atom stereocenters. The molecule has 0 aliphatic heterocycles. The first-order chi connectivity index (χ1) is 6.51. The summed E-state index contributed by atoms with van der Waals surface area (Å²) in [5.41, 5.74) is 5.71. The van der Waals surface area contributed by atoms with Gasteiger partial charge >= 0.3 is 0 Å². The van der Waals surface area contributed by atoms with Crippen LogP contribution >= 0.6 is 11.8 Å². The van der Waals surface area contributed by atoms with Crippen LogP contribution < -0.4 is 5.73 Å². The first kappa shape index (κ1) is 11.5. The average molecular weight is 215 g/mol. The van der Waals surface area contributed by atoms with E-state index in [1.165, 1.54) is 0 Å². The van der Waals surface area contributed by atoms with Crippen molar-refractivity contribution in [1.82, 2.24) is 10.1 Å². The van der Waals surface area contributed by atoms with Crippen molar-refractivity contribution in [3.63, 3.8) is 0 Å². The highest BCUT2D eigenvalue weighted by atomic mass is 32.2. The molecule has 0 fully saturated rings. The molecule has 1 aromatic heterocycles. The van der Waals surface area contributed by atoms with Crippen molar-refractivity contribution in [2.24, 2.45) is 5.73 Å². The molecule has 0 amide bonds. The van der Waals surface area contributed by atoms with Crippen molar-refractivity contribution in [1.29, 1.82) is 0 Å². The molecule has 0 atom stereocenters. The molecular weight excluding hydrogens is 198 g/mol. The Labute approximate surface area is 88.6 Å². The molecule has 0 radical (unpaired) electrons. The molecule has 0 saturated heterocycles. The van der Waals surface area contributed by atoms with E-state index in [9.17, 15) is 0 Å². The molecule has 4 nitrogen and oxygen atoms in total. The van der Waals surface area contributed by atoms with Gasteiger partial charge in [0.25, 0.3) is 0 Å². The lowest BCUT2D eigenvalue weighted by atomic mass is 10.1. The molecule has 0 spiro atoms. The van der Waals surface area contributed by atoms with Gasteiger partial charge in [0.05, 0.1) is 5.75 Å². The Balaban J connectivity index is 2.31. The number of rotatable bonds is 5. The van der Waals surface area contributed by atoms with E-state index in [2.05, 4.69) is 10.1 Å². The van der Waals surface area contributed by atoms with Gasteiger partial charge in [-0.05, 0) is 13.8 Å². The summed E-state index contributed by atoms with van der Waals surface area (Å²) in [5.74, 6) is 3.12. The van der Waals surface area contributed by atoms with Crippen LogP contribution in [0.3, 0.4) is 0 Å². The fraction of sp³-hybridized carbons (Fsp3) is 0.778. The topological polar surface area (TPSA) is 64.9 Å². The second-order valence-corrected chi connectivity index (χ2v) is 4.92. The molecule has 1 aromatic rings. The molecule has 1 heterocycles. The molecule has 0 aliphatic carbocycles. The van der Waals surface area contributed by atoms with Gasteiger partial charge in [-0.25, -0.2) is 0 Å². The van der Waals surface area contributed by atoms with E-state index in [1.54, 1.807) is 11.8 Å². The molecular formula is C9H17N3OS. The fourth-order valence-electron chi connectivity index (χ4n) is 0.898. The summed E-state index contributed by atoms with van der Waals surface area (Å²) in [6.45, 7) is 6.01. The van der Waals surface area contributed by atoms with Crippen LogP contribution in [0, 0.1) is 0 Å². The lowest BCUT2D eigenvalue weighted by molar-refractivity contribution is 0.378. The second-order valence-electron chi connectivity index (χ2n) is 3.94. The summed E-state index contributed by atoms with van der Waals surface area (Å²) in [5, 5.41) is 3.86. The van der Waals surface area contributed by atoms with E-state index in [1.807, 2.05) is 20.8 Å².